The van der Waals surface area contributed by atoms with Crippen molar-refractivity contribution in [2.24, 2.45) is 5.73 Å². The van der Waals surface area contributed by atoms with Crippen molar-refractivity contribution in [2.45, 2.75) is 13.0 Å². The lowest BCUT2D eigenvalue weighted by molar-refractivity contribution is 0.0951. The lowest BCUT2D eigenvalue weighted by Crippen LogP contribution is -2.25. The van der Waals surface area contributed by atoms with Gasteiger partial charge in [0.25, 0.3) is 5.91 Å². The van der Waals surface area contributed by atoms with Gasteiger partial charge in [-0.25, -0.2) is 0 Å². The summed E-state index contributed by atoms with van der Waals surface area (Å²) in [5.74, 6) is 0.768. The molecule has 0 aliphatic carbocycles. The fourth-order valence-electron chi connectivity index (χ4n) is 1.92. The molecule has 4 nitrogen and oxygen atoms in total. The molecule has 2 aromatic carbocycles. The molecule has 0 aromatic heterocycles. The van der Waals surface area contributed by atoms with E-state index in [1.54, 1.807) is 6.07 Å². The smallest absolute Gasteiger partial charge is 0.251 e. The summed E-state index contributed by atoms with van der Waals surface area (Å²) >= 11 is 0. The molecule has 4 heteroatoms. The van der Waals surface area contributed by atoms with Crippen LogP contribution in [0.25, 0.3) is 0 Å². The molecule has 2 aromatic rings. The van der Waals surface area contributed by atoms with E-state index in [0.29, 0.717) is 25.3 Å². The maximum atomic E-state index is 12.0. The molecule has 0 atom stereocenters. The van der Waals surface area contributed by atoms with Gasteiger partial charge in [-0.3, -0.25) is 4.79 Å². The van der Waals surface area contributed by atoms with Crippen LogP contribution in [0.3, 0.4) is 0 Å². The summed E-state index contributed by atoms with van der Waals surface area (Å²) in [4.78, 5) is 12.0. The van der Waals surface area contributed by atoms with E-state index in [4.69, 9.17) is 10.5 Å². The lowest BCUT2D eigenvalue weighted by atomic mass is 10.1. The monoisotopic (exact) mass is 284 g/mol. The van der Waals surface area contributed by atoms with Crippen molar-refractivity contribution >= 4 is 5.91 Å². The highest BCUT2D eigenvalue weighted by molar-refractivity contribution is 5.94. The molecule has 0 saturated heterocycles. The fourth-order valence-corrected chi connectivity index (χ4v) is 1.92. The highest BCUT2D eigenvalue weighted by atomic mass is 16.5. The predicted octanol–water partition coefficient (Wildman–Crippen LogP) is 2.34. The Morgan fingerprint density at radius 2 is 1.90 bits per heavy atom. The maximum absolute atomic E-state index is 12.0. The summed E-state index contributed by atoms with van der Waals surface area (Å²) in [7, 11) is 0. The molecule has 0 aliphatic heterocycles. The van der Waals surface area contributed by atoms with Crippen molar-refractivity contribution in [2.75, 3.05) is 13.2 Å². The second-order valence-corrected chi connectivity index (χ2v) is 4.68. The van der Waals surface area contributed by atoms with Crippen molar-refractivity contribution < 1.29 is 9.53 Å². The van der Waals surface area contributed by atoms with Crippen molar-refractivity contribution in [3.05, 3.63) is 65.7 Å². The minimum Gasteiger partial charge on any atom is -0.494 e. The van der Waals surface area contributed by atoms with E-state index in [1.165, 1.54) is 0 Å². The standard InChI is InChI=1S/C17H20N2O2/c18-13-14-6-4-7-15(12-14)17(20)19-10-5-11-21-16-8-2-1-3-9-16/h1-4,6-9,12H,5,10-11,13,18H2,(H,19,20). The fraction of sp³-hybridized carbons (Fsp3) is 0.235. The van der Waals surface area contributed by atoms with Crippen LogP contribution in [0.2, 0.25) is 0 Å². The van der Waals surface area contributed by atoms with Gasteiger partial charge in [0.1, 0.15) is 5.75 Å². The summed E-state index contributed by atoms with van der Waals surface area (Å²) in [6.07, 6.45) is 0.761. The van der Waals surface area contributed by atoms with Gasteiger partial charge in [-0.15, -0.1) is 0 Å². The number of hydrogen-bond donors (Lipinski definition) is 2. The van der Waals surface area contributed by atoms with E-state index in [1.807, 2.05) is 48.5 Å². The molecular weight excluding hydrogens is 264 g/mol. The van der Waals surface area contributed by atoms with Gasteiger partial charge in [0.2, 0.25) is 0 Å². The predicted molar refractivity (Wildman–Crippen MR) is 83.2 cm³/mol. The molecule has 110 valence electrons. The normalized spacial score (nSPS) is 10.1. The van der Waals surface area contributed by atoms with Crippen LogP contribution in [0.15, 0.2) is 54.6 Å². The molecule has 1 amide bonds. The van der Waals surface area contributed by atoms with Crippen LogP contribution < -0.4 is 15.8 Å². The Morgan fingerprint density at radius 3 is 2.67 bits per heavy atom. The number of hydrogen-bond acceptors (Lipinski definition) is 3. The zero-order valence-electron chi connectivity index (χ0n) is 11.9. The van der Waals surface area contributed by atoms with Crippen molar-refractivity contribution in [3.63, 3.8) is 0 Å². The second-order valence-electron chi connectivity index (χ2n) is 4.68. The quantitative estimate of drug-likeness (QED) is 0.767. The Bertz CT molecular complexity index is 570. The van der Waals surface area contributed by atoms with Crippen LogP contribution >= 0.6 is 0 Å². The average molecular weight is 284 g/mol. The van der Waals surface area contributed by atoms with Crippen molar-refractivity contribution in [1.82, 2.24) is 5.32 Å². The van der Waals surface area contributed by atoms with Crippen LogP contribution in [0.1, 0.15) is 22.3 Å². The average Bonchev–Trinajstić information content (AvgIpc) is 2.55. The molecule has 0 unspecified atom stereocenters. The zero-order valence-corrected chi connectivity index (χ0v) is 11.9. The number of amides is 1. The Kier molecular flexibility index (Phi) is 5.79. The molecule has 2 rings (SSSR count). The van der Waals surface area contributed by atoms with Gasteiger partial charge in [0, 0.05) is 18.7 Å². The first kappa shape index (κ1) is 15.1. The number of ether oxygens (including phenoxy) is 1. The Hall–Kier alpha value is -2.33. The highest BCUT2D eigenvalue weighted by Gasteiger charge is 2.04. The molecular formula is C17H20N2O2. The molecule has 0 spiro atoms. The molecule has 3 N–H and O–H groups in total. The van der Waals surface area contributed by atoms with E-state index in [9.17, 15) is 4.79 Å². The van der Waals surface area contributed by atoms with Gasteiger partial charge < -0.3 is 15.8 Å². The van der Waals surface area contributed by atoms with Gasteiger partial charge in [-0.2, -0.15) is 0 Å². The van der Waals surface area contributed by atoms with Crippen LogP contribution in [0, 0.1) is 0 Å². The minimum atomic E-state index is -0.0787. The number of nitrogens with one attached hydrogen (secondary N) is 1. The molecule has 21 heavy (non-hydrogen) atoms. The van der Waals surface area contributed by atoms with Gasteiger partial charge in [-0.1, -0.05) is 30.3 Å². The van der Waals surface area contributed by atoms with Gasteiger partial charge in [0.15, 0.2) is 0 Å². The number of carbonyl (C=O) groups excluding carboxylic acids is 1. The van der Waals surface area contributed by atoms with Crippen LogP contribution in [0.4, 0.5) is 0 Å². The molecule has 0 bridgehead atoms. The third kappa shape index (κ3) is 4.93. The highest BCUT2D eigenvalue weighted by Crippen LogP contribution is 2.08. The number of rotatable bonds is 7. The summed E-state index contributed by atoms with van der Waals surface area (Å²) in [6, 6.07) is 17.0. The van der Waals surface area contributed by atoms with Gasteiger partial charge in [-0.05, 0) is 36.2 Å². The molecule has 0 heterocycles. The van der Waals surface area contributed by atoms with Crippen LogP contribution in [-0.4, -0.2) is 19.1 Å². The summed E-state index contributed by atoms with van der Waals surface area (Å²) in [6.45, 7) is 1.59. The van der Waals surface area contributed by atoms with E-state index < -0.39 is 0 Å². The third-order valence-electron chi connectivity index (χ3n) is 3.04. The van der Waals surface area contributed by atoms with E-state index in [2.05, 4.69) is 5.32 Å². The Morgan fingerprint density at radius 1 is 1.10 bits per heavy atom. The van der Waals surface area contributed by atoms with Gasteiger partial charge >= 0.3 is 0 Å². The molecule has 0 aliphatic rings. The molecule has 0 saturated carbocycles. The number of benzene rings is 2. The zero-order chi connectivity index (χ0) is 14.9. The number of nitrogens with two attached hydrogens (primary N) is 1. The number of carbonyl (C=O) groups is 1. The second kappa shape index (κ2) is 8.07. The lowest BCUT2D eigenvalue weighted by Gasteiger charge is -2.08. The third-order valence-corrected chi connectivity index (χ3v) is 3.04. The number of para-hydroxylation sites is 1. The molecule has 0 fully saturated rings. The minimum absolute atomic E-state index is 0.0787. The van der Waals surface area contributed by atoms with Crippen molar-refractivity contribution in [1.29, 1.82) is 0 Å². The SMILES string of the molecule is NCc1cccc(C(=O)NCCCOc2ccccc2)c1. The first-order chi connectivity index (χ1) is 10.3. The summed E-state index contributed by atoms with van der Waals surface area (Å²) in [5.41, 5.74) is 7.16. The van der Waals surface area contributed by atoms with Crippen LogP contribution in [0.5, 0.6) is 5.75 Å². The Labute approximate surface area is 124 Å². The first-order valence-electron chi connectivity index (χ1n) is 7.04. The van der Waals surface area contributed by atoms with E-state index in [0.717, 1.165) is 17.7 Å². The maximum Gasteiger partial charge on any atom is 0.251 e. The Balaban J connectivity index is 1.69. The molecule has 0 radical (unpaired) electrons. The van der Waals surface area contributed by atoms with E-state index >= 15 is 0 Å². The first-order valence-corrected chi connectivity index (χ1v) is 7.04. The van der Waals surface area contributed by atoms with Gasteiger partial charge in [0.05, 0.1) is 6.61 Å². The summed E-state index contributed by atoms with van der Waals surface area (Å²) < 4.78 is 5.56. The van der Waals surface area contributed by atoms with Crippen LogP contribution in [-0.2, 0) is 6.54 Å². The van der Waals surface area contributed by atoms with Crippen molar-refractivity contribution in [3.8, 4) is 5.75 Å². The largest absolute Gasteiger partial charge is 0.494 e. The van der Waals surface area contributed by atoms with E-state index in [-0.39, 0.29) is 5.91 Å². The summed E-state index contributed by atoms with van der Waals surface area (Å²) in [5, 5.41) is 2.88. The topological polar surface area (TPSA) is 64.4 Å².